The van der Waals surface area contributed by atoms with Crippen LogP contribution in [-0.2, 0) is 0 Å². The summed E-state index contributed by atoms with van der Waals surface area (Å²) in [6.45, 7) is 1.88. The first-order valence-corrected chi connectivity index (χ1v) is 8.28. The summed E-state index contributed by atoms with van der Waals surface area (Å²) in [5, 5.41) is 6.41. The summed E-state index contributed by atoms with van der Waals surface area (Å²) in [5.74, 6) is 0.441. The van der Waals surface area contributed by atoms with Gasteiger partial charge in [-0.1, -0.05) is 24.3 Å². The van der Waals surface area contributed by atoms with Crippen molar-refractivity contribution in [1.82, 2.24) is 15.6 Å². The molecular formula is C19H19N3O2. The van der Waals surface area contributed by atoms with Gasteiger partial charge < -0.3 is 15.1 Å². The number of carbonyl (C=O) groups is 1. The van der Waals surface area contributed by atoms with Crippen molar-refractivity contribution in [3.63, 3.8) is 0 Å². The van der Waals surface area contributed by atoms with E-state index >= 15 is 0 Å². The standard InChI is InChI=1S/C19H19N3O2/c23-18(21-14-9-11-20-12-10-14)15-7-4-8-16-17(15)24-19(22-16)13-5-2-1-3-6-13/h1-8,14,20H,9-12H2,(H,21,23). The number of carbonyl (C=O) groups excluding carboxylic acids is 1. The van der Waals surface area contributed by atoms with Crippen LogP contribution in [0, 0.1) is 0 Å². The maximum absolute atomic E-state index is 12.7. The summed E-state index contributed by atoms with van der Waals surface area (Å²) in [6.07, 6.45) is 1.90. The maximum Gasteiger partial charge on any atom is 0.255 e. The maximum atomic E-state index is 12.7. The SMILES string of the molecule is O=C(NC1CCNCC1)c1cccc2nc(-c3ccccc3)oc12. The van der Waals surface area contributed by atoms with Crippen LogP contribution in [0.2, 0.25) is 0 Å². The molecule has 2 heterocycles. The fourth-order valence-corrected chi connectivity index (χ4v) is 3.06. The largest absolute Gasteiger partial charge is 0.435 e. The van der Waals surface area contributed by atoms with Gasteiger partial charge in [0.2, 0.25) is 5.89 Å². The zero-order valence-corrected chi connectivity index (χ0v) is 13.3. The Morgan fingerprint density at radius 2 is 1.88 bits per heavy atom. The number of benzene rings is 2. The Morgan fingerprint density at radius 3 is 2.67 bits per heavy atom. The molecule has 0 radical (unpaired) electrons. The van der Waals surface area contributed by atoms with E-state index in [9.17, 15) is 4.79 Å². The van der Waals surface area contributed by atoms with Crippen molar-refractivity contribution >= 4 is 17.0 Å². The van der Waals surface area contributed by atoms with Crippen LogP contribution in [-0.4, -0.2) is 30.0 Å². The summed E-state index contributed by atoms with van der Waals surface area (Å²) in [7, 11) is 0. The summed E-state index contributed by atoms with van der Waals surface area (Å²) in [6, 6.07) is 15.4. The summed E-state index contributed by atoms with van der Waals surface area (Å²) < 4.78 is 5.91. The second-order valence-corrected chi connectivity index (χ2v) is 6.04. The summed E-state index contributed by atoms with van der Waals surface area (Å²) >= 11 is 0. The van der Waals surface area contributed by atoms with E-state index in [2.05, 4.69) is 15.6 Å². The molecule has 5 heteroatoms. The van der Waals surface area contributed by atoms with E-state index in [1.807, 2.05) is 42.5 Å². The van der Waals surface area contributed by atoms with Crippen LogP contribution in [0.25, 0.3) is 22.6 Å². The van der Waals surface area contributed by atoms with E-state index in [0.717, 1.165) is 31.5 Å². The second kappa shape index (κ2) is 6.45. The van der Waals surface area contributed by atoms with Crippen LogP contribution < -0.4 is 10.6 Å². The Hall–Kier alpha value is -2.66. The molecule has 0 bridgehead atoms. The van der Waals surface area contributed by atoms with Gasteiger partial charge in [-0.3, -0.25) is 4.79 Å². The van der Waals surface area contributed by atoms with E-state index in [0.29, 0.717) is 22.6 Å². The first kappa shape index (κ1) is 14.9. The van der Waals surface area contributed by atoms with E-state index in [1.54, 1.807) is 6.07 Å². The lowest BCUT2D eigenvalue weighted by atomic mass is 10.1. The molecule has 0 unspecified atom stereocenters. The number of amides is 1. The monoisotopic (exact) mass is 321 g/mol. The Balaban J connectivity index is 1.65. The van der Waals surface area contributed by atoms with E-state index in [4.69, 9.17) is 4.42 Å². The molecule has 0 aliphatic carbocycles. The zero-order valence-electron chi connectivity index (χ0n) is 13.3. The van der Waals surface area contributed by atoms with Crippen LogP contribution in [0.4, 0.5) is 0 Å². The molecule has 2 aromatic carbocycles. The van der Waals surface area contributed by atoms with Gasteiger partial charge in [-0.2, -0.15) is 0 Å². The molecule has 2 N–H and O–H groups in total. The average Bonchev–Trinajstić information content (AvgIpc) is 3.07. The number of piperidine rings is 1. The molecule has 3 aromatic rings. The molecule has 1 aromatic heterocycles. The number of fused-ring (bicyclic) bond motifs is 1. The van der Waals surface area contributed by atoms with Crippen LogP contribution in [0.5, 0.6) is 0 Å². The average molecular weight is 321 g/mol. The van der Waals surface area contributed by atoms with Gasteiger partial charge in [0.1, 0.15) is 5.52 Å². The Labute approximate surface area is 140 Å². The predicted molar refractivity (Wildman–Crippen MR) is 92.8 cm³/mol. The fraction of sp³-hybridized carbons (Fsp3) is 0.263. The van der Waals surface area contributed by atoms with Gasteiger partial charge in [0.25, 0.3) is 5.91 Å². The molecule has 5 nitrogen and oxygen atoms in total. The minimum absolute atomic E-state index is 0.0942. The molecule has 4 rings (SSSR count). The van der Waals surface area contributed by atoms with Crippen LogP contribution in [0.15, 0.2) is 52.9 Å². The highest BCUT2D eigenvalue weighted by Crippen LogP contribution is 2.26. The molecule has 0 saturated carbocycles. The third-order valence-corrected chi connectivity index (χ3v) is 4.35. The third kappa shape index (κ3) is 2.90. The number of para-hydroxylation sites is 1. The smallest absolute Gasteiger partial charge is 0.255 e. The van der Waals surface area contributed by atoms with Crippen LogP contribution in [0.1, 0.15) is 23.2 Å². The molecule has 1 aliphatic heterocycles. The highest BCUT2D eigenvalue weighted by Gasteiger charge is 2.20. The number of rotatable bonds is 3. The lowest BCUT2D eigenvalue weighted by Crippen LogP contribution is -2.42. The Kier molecular flexibility index (Phi) is 4.01. The second-order valence-electron chi connectivity index (χ2n) is 6.04. The molecule has 1 saturated heterocycles. The summed E-state index contributed by atoms with van der Waals surface area (Å²) in [5.41, 5.74) is 2.69. The van der Waals surface area contributed by atoms with Crippen LogP contribution in [0.3, 0.4) is 0 Å². The van der Waals surface area contributed by atoms with Gasteiger partial charge in [0, 0.05) is 11.6 Å². The Bertz CT molecular complexity index is 851. The summed E-state index contributed by atoms with van der Waals surface area (Å²) in [4.78, 5) is 17.2. The fourth-order valence-electron chi connectivity index (χ4n) is 3.06. The minimum Gasteiger partial charge on any atom is -0.435 e. The van der Waals surface area contributed by atoms with Gasteiger partial charge in [0.05, 0.1) is 5.56 Å². The first-order chi connectivity index (χ1) is 11.8. The van der Waals surface area contributed by atoms with Crippen molar-refractivity contribution < 1.29 is 9.21 Å². The number of hydrogen-bond donors (Lipinski definition) is 2. The molecule has 1 amide bonds. The molecule has 1 fully saturated rings. The van der Waals surface area contributed by atoms with Crippen molar-refractivity contribution in [2.24, 2.45) is 0 Å². The van der Waals surface area contributed by atoms with Gasteiger partial charge >= 0.3 is 0 Å². The lowest BCUT2D eigenvalue weighted by molar-refractivity contribution is 0.0930. The van der Waals surface area contributed by atoms with E-state index in [-0.39, 0.29) is 11.9 Å². The zero-order chi connectivity index (χ0) is 16.4. The molecule has 24 heavy (non-hydrogen) atoms. The van der Waals surface area contributed by atoms with Crippen molar-refractivity contribution in [2.45, 2.75) is 18.9 Å². The number of aromatic nitrogens is 1. The van der Waals surface area contributed by atoms with Gasteiger partial charge in [-0.05, 0) is 50.2 Å². The molecule has 1 aliphatic rings. The van der Waals surface area contributed by atoms with E-state index < -0.39 is 0 Å². The number of nitrogens with zero attached hydrogens (tertiary/aromatic N) is 1. The topological polar surface area (TPSA) is 67.2 Å². The highest BCUT2D eigenvalue weighted by molar-refractivity contribution is 6.04. The van der Waals surface area contributed by atoms with Gasteiger partial charge in [-0.15, -0.1) is 0 Å². The Morgan fingerprint density at radius 1 is 1.08 bits per heavy atom. The van der Waals surface area contributed by atoms with Gasteiger partial charge in [0.15, 0.2) is 5.58 Å². The highest BCUT2D eigenvalue weighted by atomic mass is 16.3. The number of oxazole rings is 1. The molecule has 0 spiro atoms. The van der Waals surface area contributed by atoms with Crippen molar-refractivity contribution in [2.75, 3.05) is 13.1 Å². The van der Waals surface area contributed by atoms with Gasteiger partial charge in [-0.25, -0.2) is 4.98 Å². The lowest BCUT2D eigenvalue weighted by Gasteiger charge is -2.23. The number of hydrogen-bond acceptors (Lipinski definition) is 4. The van der Waals surface area contributed by atoms with Crippen molar-refractivity contribution in [1.29, 1.82) is 0 Å². The van der Waals surface area contributed by atoms with Crippen LogP contribution >= 0.6 is 0 Å². The first-order valence-electron chi connectivity index (χ1n) is 8.28. The molecule has 0 atom stereocenters. The minimum atomic E-state index is -0.0942. The van der Waals surface area contributed by atoms with E-state index in [1.165, 1.54) is 0 Å². The van der Waals surface area contributed by atoms with Crippen molar-refractivity contribution in [3.05, 3.63) is 54.1 Å². The normalized spacial score (nSPS) is 15.5. The quantitative estimate of drug-likeness (QED) is 0.778. The predicted octanol–water partition coefficient (Wildman–Crippen LogP) is 2.98. The molecule has 122 valence electrons. The van der Waals surface area contributed by atoms with Crippen molar-refractivity contribution in [3.8, 4) is 11.5 Å². The third-order valence-electron chi connectivity index (χ3n) is 4.35. The number of nitrogens with one attached hydrogen (secondary N) is 2. The molecular weight excluding hydrogens is 302 g/mol.